The van der Waals surface area contributed by atoms with Crippen molar-refractivity contribution in [2.45, 2.75) is 19.6 Å². The Bertz CT molecular complexity index is 1240. The molecule has 0 heterocycles. The molecule has 2 amide bonds. The third kappa shape index (κ3) is 5.90. The van der Waals surface area contributed by atoms with Crippen LogP contribution in [0.1, 0.15) is 44.8 Å². The second-order valence-corrected chi connectivity index (χ2v) is 7.90. The van der Waals surface area contributed by atoms with Crippen LogP contribution in [0.25, 0.3) is 0 Å². The smallest absolute Gasteiger partial charge is 0.255 e. The van der Waals surface area contributed by atoms with Gasteiger partial charge in [0.1, 0.15) is 12.4 Å². The summed E-state index contributed by atoms with van der Waals surface area (Å²) in [6.45, 7) is 2.38. The molecule has 0 spiro atoms. The van der Waals surface area contributed by atoms with Crippen molar-refractivity contribution in [3.8, 4) is 5.75 Å². The normalized spacial score (nSPS) is 11.3. The predicted molar refractivity (Wildman–Crippen MR) is 134 cm³/mol. The molecule has 4 aromatic rings. The Morgan fingerprint density at radius 1 is 0.735 bits per heavy atom. The molecule has 0 aliphatic rings. The standard InChI is InChI=1S/C29H26N2O3/c1-21(23-12-6-3-7-13-23)30-29(33)26-14-8-9-15-27(26)31-28(32)24-16-18-25(19-17-24)34-20-22-10-4-2-5-11-22/h2-19,21H,20H2,1H3,(H,30,33)(H,31,32)/t21-/m0/s1. The van der Waals surface area contributed by atoms with E-state index < -0.39 is 0 Å². The zero-order valence-electron chi connectivity index (χ0n) is 18.9. The lowest BCUT2D eigenvalue weighted by Crippen LogP contribution is -2.28. The Kier molecular flexibility index (Phi) is 7.35. The van der Waals surface area contributed by atoms with Crippen molar-refractivity contribution in [1.29, 1.82) is 0 Å². The molecule has 0 unspecified atom stereocenters. The molecule has 4 rings (SSSR count). The highest BCUT2D eigenvalue weighted by atomic mass is 16.5. The van der Waals surface area contributed by atoms with E-state index in [0.29, 0.717) is 29.2 Å². The summed E-state index contributed by atoms with van der Waals surface area (Å²) in [6.07, 6.45) is 0. The number of benzene rings is 4. The maximum atomic E-state index is 12.9. The number of carbonyl (C=O) groups excluding carboxylic acids is 2. The van der Waals surface area contributed by atoms with E-state index in [2.05, 4.69) is 10.6 Å². The van der Waals surface area contributed by atoms with E-state index in [1.165, 1.54) is 0 Å². The zero-order valence-corrected chi connectivity index (χ0v) is 18.9. The molecule has 34 heavy (non-hydrogen) atoms. The van der Waals surface area contributed by atoms with E-state index in [1.54, 1.807) is 48.5 Å². The van der Waals surface area contributed by atoms with Crippen LogP contribution in [0.2, 0.25) is 0 Å². The maximum Gasteiger partial charge on any atom is 0.255 e. The van der Waals surface area contributed by atoms with E-state index >= 15 is 0 Å². The Morgan fingerprint density at radius 3 is 2.06 bits per heavy atom. The Labute approximate surface area is 199 Å². The zero-order chi connectivity index (χ0) is 23.8. The number of para-hydroxylation sites is 1. The van der Waals surface area contributed by atoms with Crippen molar-refractivity contribution in [2.75, 3.05) is 5.32 Å². The summed E-state index contributed by atoms with van der Waals surface area (Å²) >= 11 is 0. The molecule has 1 atom stereocenters. The SMILES string of the molecule is C[C@H](NC(=O)c1ccccc1NC(=O)c1ccc(OCc2ccccc2)cc1)c1ccccc1. The van der Waals surface area contributed by atoms with Gasteiger partial charge >= 0.3 is 0 Å². The van der Waals surface area contributed by atoms with Gasteiger partial charge in [0, 0.05) is 5.56 Å². The molecule has 170 valence electrons. The highest BCUT2D eigenvalue weighted by Crippen LogP contribution is 2.20. The van der Waals surface area contributed by atoms with Crippen molar-refractivity contribution in [3.05, 3.63) is 131 Å². The molecule has 4 aromatic carbocycles. The Morgan fingerprint density at radius 2 is 1.35 bits per heavy atom. The maximum absolute atomic E-state index is 12.9. The number of carbonyl (C=O) groups is 2. The number of anilines is 1. The summed E-state index contributed by atoms with van der Waals surface area (Å²) in [5.41, 5.74) is 3.41. The lowest BCUT2D eigenvalue weighted by atomic mass is 10.1. The molecule has 0 saturated carbocycles. The molecule has 0 aliphatic heterocycles. The topological polar surface area (TPSA) is 67.4 Å². The van der Waals surface area contributed by atoms with Gasteiger partial charge in [0.25, 0.3) is 11.8 Å². The second-order valence-electron chi connectivity index (χ2n) is 7.90. The predicted octanol–water partition coefficient (Wildman–Crippen LogP) is 6.01. The second kappa shape index (κ2) is 11.0. The van der Waals surface area contributed by atoms with Crippen LogP contribution < -0.4 is 15.4 Å². The van der Waals surface area contributed by atoms with E-state index in [4.69, 9.17) is 4.74 Å². The van der Waals surface area contributed by atoms with Crippen LogP contribution in [0.15, 0.2) is 109 Å². The minimum absolute atomic E-state index is 0.166. The molecule has 5 nitrogen and oxygen atoms in total. The van der Waals surface area contributed by atoms with Gasteiger partial charge in [-0.1, -0.05) is 72.8 Å². The van der Waals surface area contributed by atoms with E-state index in [9.17, 15) is 9.59 Å². The van der Waals surface area contributed by atoms with Crippen LogP contribution in [-0.2, 0) is 6.61 Å². The van der Waals surface area contributed by atoms with Gasteiger partial charge in [-0.25, -0.2) is 0 Å². The number of amides is 2. The molecule has 0 radical (unpaired) electrons. The largest absolute Gasteiger partial charge is 0.489 e. The number of rotatable bonds is 8. The lowest BCUT2D eigenvalue weighted by molar-refractivity contribution is 0.0940. The molecule has 5 heteroatoms. The third-order valence-corrected chi connectivity index (χ3v) is 5.43. The van der Waals surface area contributed by atoms with Gasteiger partial charge in [0.2, 0.25) is 0 Å². The summed E-state index contributed by atoms with van der Waals surface area (Å²) in [6, 6.07) is 33.4. The average molecular weight is 451 g/mol. The molecule has 0 fully saturated rings. The van der Waals surface area contributed by atoms with Gasteiger partial charge in [0.15, 0.2) is 0 Å². The van der Waals surface area contributed by atoms with Crippen LogP contribution in [0.5, 0.6) is 5.75 Å². The Balaban J connectivity index is 1.40. The minimum Gasteiger partial charge on any atom is -0.489 e. The Hall–Kier alpha value is -4.38. The molecule has 0 aliphatic carbocycles. The first kappa shape index (κ1) is 22.8. The summed E-state index contributed by atoms with van der Waals surface area (Å²) in [5, 5.41) is 5.85. The first-order chi connectivity index (χ1) is 16.6. The monoisotopic (exact) mass is 450 g/mol. The van der Waals surface area contributed by atoms with E-state index in [-0.39, 0.29) is 17.9 Å². The van der Waals surface area contributed by atoms with Crippen molar-refractivity contribution in [3.63, 3.8) is 0 Å². The quantitative estimate of drug-likeness (QED) is 0.345. The van der Waals surface area contributed by atoms with Gasteiger partial charge in [-0.3, -0.25) is 9.59 Å². The molecule has 0 saturated heterocycles. The van der Waals surface area contributed by atoms with E-state index in [0.717, 1.165) is 11.1 Å². The van der Waals surface area contributed by atoms with Crippen LogP contribution >= 0.6 is 0 Å². The van der Waals surface area contributed by atoms with Gasteiger partial charge in [-0.15, -0.1) is 0 Å². The molecule has 0 bridgehead atoms. The summed E-state index contributed by atoms with van der Waals surface area (Å²) < 4.78 is 5.78. The highest BCUT2D eigenvalue weighted by molar-refractivity contribution is 6.09. The van der Waals surface area contributed by atoms with Gasteiger partial charge in [-0.2, -0.15) is 0 Å². The van der Waals surface area contributed by atoms with Crippen LogP contribution in [0.3, 0.4) is 0 Å². The first-order valence-corrected chi connectivity index (χ1v) is 11.1. The molecule has 0 aromatic heterocycles. The van der Waals surface area contributed by atoms with E-state index in [1.807, 2.05) is 67.6 Å². The number of hydrogen-bond acceptors (Lipinski definition) is 3. The highest BCUT2D eigenvalue weighted by Gasteiger charge is 2.16. The van der Waals surface area contributed by atoms with Crippen molar-refractivity contribution < 1.29 is 14.3 Å². The fourth-order valence-corrected chi connectivity index (χ4v) is 3.53. The van der Waals surface area contributed by atoms with Gasteiger partial charge < -0.3 is 15.4 Å². The number of ether oxygens (including phenoxy) is 1. The van der Waals surface area contributed by atoms with Gasteiger partial charge in [-0.05, 0) is 54.4 Å². The fraction of sp³-hybridized carbons (Fsp3) is 0.103. The average Bonchev–Trinajstić information content (AvgIpc) is 2.89. The van der Waals surface area contributed by atoms with Crippen molar-refractivity contribution >= 4 is 17.5 Å². The minimum atomic E-state index is -0.300. The van der Waals surface area contributed by atoms with Crippen LogP contribution in [0, 0.1) is 0 Å². The molecule has 2 N–H and O–H groups in total. The van der Waals surface area contributed by atoms with Crippen LogP contribution in [0.4, 0.5) is 5.69 Å². The summed E-state index contributed by atoms with van der Waals surface area (Å²) in [7, 11) is 0. The number of hydrogen-bond donors (Lipinski definition) is 2. The molecular formula is C29H26N2O3. The summed E-state index contributed by atoms with van der Waals surface area (Å²) in [5.74, 6) is 0.123. The lowest BCUT2D eigenvalue weighted by Gasteiger charge is -2.16. The fourth-order valence-electron chi connectivity index (χ4n) is 3.53. The van der Waals surface area contributed by atoms with Gasteiger partial charge in [0.05, 0.1) is 17.3 Å². The molecular weight excluding hydrogens is 424 g/mol. The first-order valence-electron chi connectivity index (χ1n) is 11.1. The third-order valence-electron chi connectivity index (χ3n) is 5.43. The van der Waals surface area contributed by atoms with Crippen molar-refractivity contribution in [1.82, 2.24) is 5.32 Å². The van der Waals surface area contributed by atoms with Crippen molar-refractivity contribution in [2.24, 2.45) is 0 Å². The number of nitrogens with one attached hydrogen (secondary N) is 2. The van der Waals surface area contributed by atoms with Crippen LogP contribution in [-0.4, -0.2) is 11.8 Å². The summed E-state index contributed by atoms with van der Waals surface area (Å²) in [4.78, 5) is 25.8.